The van der Waals surface area contributed by atoms with Crippen molar-refractivity contribution in [3.63, 3.8) is 0 Å². The highest BCUT2D eigenvalue weighted by Gasteiger charge is 2.19. The average molecular weight is 425 g/mol. The largest absolute Gasteiger partial charge is 0.455 e. The van der Waals surface area contributed by atoms with Crippen molar-refractivity contribution >= 4 is 33.9 Å². The summed E-state index contributed by atoms with van der Waals surface area (Å²) in [6.07, 6.45) is 3.55. The molecule has 9 nitrogen and oxygen atoms in total. The number of rotatable bonds is 6. The minimum atomic E-state index is -0.583. The molecule has 0 bridgehead atoms. The molecule has 0 saturated carbocycles. The van der Waals surface area contributed by atoms with Crippen molar-refractivity contribution in [3.05, 3.63) is 69.8 Å². The Labute approximate surface area is 175 Å². The molecule has 0 aliphatic rings. The van der Waals surface area contributed by atoms with Crippen molar-refractivity contribution < 1.29 is 14.3 Å². The van der Waals surface area contributed by atoms with Gasteiger partial charge in [-0.2, -0.15) is 0 Å². The molecule has 3 heterocycles. The molecule has 0 saturated heterocycles. The molecule has 0 aliphatic carbocycles. The molecular weight excluding hydrogens is 406 g/mol. The minimum absolute atomic E-state index is 0.0349. The summed E-state index contributed by atoms with van der Waals surface area (Å²) in [4.78, 5) is 42.2. The second kappa shape index (κ2) is 7.99. The number of benzene rings is 1. The molecule has 0 spiro atoms. The van der Waals surface area contributed by atoms with Gasteiger partial charge in [0.15, 0.2) is 11.6 Å². The summed E-state index contributed by atoms with van der Waals surface area (Å²) in [7, 11) is 1.73. The van der Waals surface area contributed by atoms with Gasteiger partial charge in [0, 0.05) is 24.8 Å². The number of thiazole rings is 1. The Balaban J connectivity index is 1.40. The topological polar surface area (TPSA) is 99.6 Å². The first kappa shape index (κ1) is 19.6. The smallest absolute Gasteiger partial charge is 0.312 e. The van der Waals surface area contributed by atoms with E-state index in [0.717, 1.165) is 4.96 Å². The first-order valence-corrected chi connectivity index (χ1v) is 10.0. The van der Waals surface area contributed by atoms with E-state index in [-0.39, 0.29) is 17.7 Å². The normalized spacial score (nSPS) is 11.0. The Kier molecular flexibility index (Phi) is 5.23. The van der Waals surface area contributed by atoms with Crippen LogP contribution in [0.1, 0.15) is 11.4 Å². The number of anilines is 1. The number of imidazole rings is 1. The molecule has 4 rings (SSSR count). The van der Waals surface area contributed by atoms with Gasteiger partial charge in [0.05, 0.1) is 23.5 Å². The summed E-state index contributed by atoms with van der Waals surface area (Å²) in [5.41, 5.74) is 1.62. The quantitative estimate of drug-likeness (QED) is 0.476. The van der Waals surface area contributed by atoms with Gasteiger partial charge < -0.3 is 10.1 Å². The van der Waals surface area contributed by atoms with Crippen LogP contribution in [0.4, 0.5) is 5.69 Å². The number of amides is 1. The number of carbonyl (C=O) groups is 2. The summed E-state index contributed by atoms with van der Waals surface area (Å²) in [6, 6.07) is 9.11. The molecule has 0 radical (unpaired) electrons. The van der Waals surface area contributed by atoms with Crippen LogP contribution in [0.25, 0.3) is 10.6 Å². The molecule has 0 atom stereocenters. The number of hydrogen-bond acceptors (Lipinski definition) is 6. The lowest BCUT2D eigenvalue weighted by atomic mass is 10.3. The highest BCUT2D eigenvalue weighted by molar-refractivity contribution is 7.15. The Morgan fingerprint density at radius 2 is 2.00 bits per heavy atom. The molecule has 1 amide bonds. The van der Waals surface area contributed by atoms with Crippen molar-refractivity contribution in [1.29, 1.82) is 0 Å². The number of fused-ring (bicyclic) bond motifs is 1. The Bertz CT molecular complexity index is 1250. The van der Waals surface area contributed by atoms with Crippen LogP contribution in [-0.2, 0) is 27.8 Å². The predicted molar refractivity (Wildman–Crippen MR) is 112 cm³/mol. The van der Waals surface area contributed by atoms with Crippen LogP contribution in [-0.4, -0.2) is 37.2 Å². The van der Waals surface area contributed by atoms with Gasteiger partial charge >= 0.3 is 5.97 Å². The van der Waals surface area contributed by atoms with Crippen LogP contribution in [0.15, 0.2) is 52.9 Å². The van der Waals surface area contributed by atoms with Gasteiger partial charge in [-0.15, -0.1) is 11.3 Å². The molecule has 30 heavy (non-hydrogen) atoms. The van der Waals surface area contributed by atoms with Crippen molar-refractivity contribution in [2.75, 3.05) is 11.9 Å². The molecule has 0 fully saturated rings. The number of aromatic nitrogens is 4. The average Bonchev–Trinajstić information content (AvgIpc) is 3.37. The van der Waals surface area contributed by atoms with Gasteiger partial charge in [0.1, 0.15) is 5.69 Å². The number of nitrogens with one attached hydrogen (secondary N) is 1. The molecule has 4 aromatic rings. The van der Waals surface area contributed by atoms with Crippen molar-refractivity contribution in [1.82, 2.24) is 18.7 Å². The molecule has 154 valence electrons. The van der Waals surface area contributed by atoms with E-state index in [1.165, 1.54) is 16.0 Å². The van der Waals surface area contributed by atoms with Gasteiger partial charge in [-0.1, -0.05) is 18.2 Å². The third-order valence-corrected chi connectivity index (χ3v) is 5.42. The zero-order valence-corrected chi connectivity index (χ0v) is 17.2. The van der Waals surface area contributed by atoms with E-state index < -0.39 is 18.5 Å². The zero-order valence-electron chi connectivity index (χ0n) is 16.4. The number of ether oxygens (including phenoxy) is 1. The van der Waals surface area contributed by atoms with Gasteiger partial charge in [-0.3, -0.25) is 23.5 Å². The number of carbonyl (C=O) groups excluding carboxylic acids is 2. The minimum Gasteiger partial charge on any atom is -0.455 e. The Morgan fingerprint density at radius 1 is 1.23 bits per heavy atom. The summed E-state index contributed by atoms with van der Waals surface area (Å²) in [6.45, 7) is 1.24. The third-order valence-electron chi connectivity index (χ3n) is 4.65. The maximum Gasteiger partial charge on any atom is 0.312 e. The Hall–Kier alpha value is -3.66. The monoisotopic (exact) mass is 425 g/mol. The number of esters is 1. The van der Waals surface area contributed by atoms with Crippen LogP contribution in [0.2, 0.25) is 0 Å². The first-order valence-electron chi connectivity index (χ1n) is 9.14. The van der Waals surface area contributed by atoms with Crippen LogP contribution in [0.5, 0.6) is 0 Å². The lowest BCUT2D eigenvalue weighted by molar-refractivity contribution is -0.146. The van der Waals surface area contributed by atoms with E-state index in [4.69, 9.17) is 4.74 Å². The SMILES string of the molecule is Cc1c(NC(=O)COC(=O)Cc2cn3ccsc3n2)c(=O)n(-c2ccccc2)n1C. The highest BCUT2D eigenvalue weighted by atomic mass is 32.1. The fraction of sp³-hybridized carbons (Fsp3) is 0.200. The maximum absolute atomic E-state index is 12.8. The molecule has 10 heteroatoms. The van der Waals surface area contributed by atoms with Crippen molar-refractivity contribution in [2.45, 2.75) is 13.3 Å². The summed E-state index contributed by atoms with van der Waals surface area (Å²) >= 11 is 1.46. The number of para-hydroxylation sites is 1. The fourth-order valence-electron chi connectivity index (χ4n) is 3.09. The van der Waals surface area contributed by atoms with Crippen LogP contribution >= 0.6 is 11.3 Å². The standard InChI is InChI=1S/C20H19N5O4S/c1-13-18(19(28)25(23(13)2)15-6-4-3-5-7-15)22-16(26)12-29-17(27)10-14-11-24-8-9-30-20(24)21-14/h3-9,11H,10,12H2,1-2H3,(H,22,26). The van der Waals surface area contributed by atoms with Crippen molar-refractivity contribution in [2.24, 2.45) is 7.05 Å². The Morgan fingerprint density at radius 3 is 2.73 bits per heavy atom. The molecule has 1 aromatic carbocycles. The molecule has 0 unspecified atom stereocenters. The van der Waals surface area contributed by atoms with Gasteiger partial charge in [0.25, 0.3) is 11.5 Å². The highest BCUT2D eigenvalue weighted by Crippen LogP contribution is 2.14. The van der Waals surface area contributed by atoms with Crippen LogP contribution in [0.3, 0.4) is 0 Å². The zero-order chi connectivity index (χ0) is 21.3. The maximum atomic E-state index is 12.8. The van der Waals surface area contributed by atoms with Crippen LogP contribution in [0, 0.1) is 6.92 Å². The molecule has 3 aromatic heterocycles. The molecule has 1 N–H and O–H groups in total. The van der Waals surface area contributed by atoms with E-state index in [1.807, 2.05) is 34.2 Å². The van der Waals surface area contributed by atoms with E-state index in [9.17, 15) is 14.4 Å². The van der Waals surface area contributed by atoms with Crippen LogP contribution < -0.4 is 10.9 Å². The predicted octanol–water partition coefficient (Wildman–Crippen LogP) is 1.92. The second-order valence-electron chi connectivity index (χ2n) is 6.65. The van der Waals surface area contributed by atoms with Gasteiger partial charge in [-0.05, 0) is 19.1 Å². The first-order chi connectivity index (χ1) is 14.4. The van der Waals surface area contributed by atoms with E-state index in [0.29, 0.717) is 17.1 Å². The van der Waals surface area contributed by atoms with E-state index in [1.54, 1.807) is 37.0 Å². The third kappa shape index (κ3) is 3.77. The second-order valence-corrected chi connectivity index (χ2v) is 7.52. The van der Waals surface area contributed by atoms with Crippen molar-refractivity contribution in [3.8, 4) is 5.69 Å². The lowest BCUT2D eigenvalue weighted by Gasteiger charge is -2.07. The van der Waals surface area contributed by atoms with E-state index in [2.05, 4.69) is 10.3 Å². The molecular formula is C20H19N5O4S. The van der Waals surface area contributed by atoms with Gasteiger partial charge in [-0.25, -0.2) is 9.67 Å². The number of hydrogen-bond donors (Lipinski definition) is 1. The van der Waals surface area contributed by atoms with E-state index >= 15 is 0 Å². The summed E-state index contributed by atoms with van der Waals surface area (Å²) in [5.74, 6) is -1.15. The summed E-state index contributed by atoms with van der Waals surface area (Å²) < 4.78 is 9.97. The summed E-state index contributed by atoms with van der Waals surface area (Å²) in [5, 5.41) is 4.45. The fourth-order valence-corrected chi connectivity index (χ4v) is 3.81. The lowest BCUT2D eigenvalue weighted by Crippen LogP contribution is -2.26. The van der Waals surface area contributed by atoms with Gasteiger partial charge in [0.2, 0.25) is 0 Å². The molecule has 0 aliphatic heterocycles. The number of nitrogens with zero attached hydrogens (tertiary/aromatic N) is 4.